The van der Waals surface area contributed by atoms with Gasteiger partial charge < -0.3 is 15.4 Å². The second-order valence-electron chi connectivity index (χ2n) is 5.60. The largest absolute Gasteiger partial charge is 0.393 e. The van der Waals surface area contributed by atoms with Gasteiger partial charge in [-0.3, -0.25) is 9.36 Å². The van der Waals surface area contributed by atoms with E-state index in [4.69, 9.17) is 0 Å². The highest BCUT2D eigenvalue weighted by atomic mass is 16.3. The van der Waals surface area contributed by atoms with Crippen LogP contribution in [0.1, 0.15) is 19.3 Å². The third kappa shape index (κ3) is 2.85. The van der Waals surface area contributed by atoms with E-state index in [1.807, 2.05) is 12.1 Å². The first-order valence-electron chi connectivity index (χ1n) is 7.27. The number of aliphatic hydroxyl groups excluding tert-OH is 1. The highest BCUT2D eigenvalue weighted by molar-refractivity contribution is 5.80. The number of nitrogens with zero attached hydrogens (tertiary/aromatic N) is 1. The normalized spacial score (nSPS) is 21.8. The van der Waals surface area contributed by atoms with Gasteiger partial charge >= 0.3 is 5.69 Å². The van der Waals surface area contributed by atoms with Crippen molar-refractivity contribution >= 4 is 16.9 Å². The van der Waals surface area contributed by atoms with E-state index in [0.29, 0.717) is 6.54 Å². The number of nitrogens with one attached hydrogen (secondary N) is 2. The van der Waals surface area contributed by atoms with Crippen molar-refractivity contribution in [2.24, 2.45) is 5.92 Å². The van der Waals surface area contributed by atoms with E-state index in [9.17, 15) is 14.7 Å². The maximum Gasteiger partial charge on any atom is 0.326 e. The Morgan fingerprint density at radius 3 is 2.95 bits per heavy atom. The highest BCUT2D eigenvalue weighted by Gasteiger charge is 2.25. The lowest BCUT2D eigenvalue weighted by atomic mass is 10.1. The van der Waals surface area contributed by atoms with Crippen LogP contribution in [0.2, 0.25) is 0 Å². The van der Waals surface area contributed by atoms with Crippen LogP contribution >= 0.6 is 0 Å². The van der Waals surface area contributed by atoms with Gasteiger partial charge in [0, 0.05) is 12.5 Å². The summed E-state index contributed by atoms with van der Waals surface area (Å²) in [6.45, 7) is 0.461. The molecule has 2 unspecified atom stereocenters. The van der Waals surface area contributed by atoms with E-state index in [-0.39, 0.29) is 30.2 Å². The van der Waals surface area contributed by atoms with Crippen molar-refractivity contribution in [3.63, 3.8) is 0 Å². The van der Waals surface area contributed by atoms with Crippen LogP contribution in [0.3, 0.4) is 0 Å². The second kappa shape index (κ2) is 5.73. The molecule has 1 aliphatic carbocycles. The number of para-hydroxylation sites is 2. The molecule has 0 bridgehead atoms. The molecule has 21 heavy (non-hydrogen) atoms. The summed E-state index contributed by atoms with van der Waals surface area (Å²) in [7, 11) is 0. The number of H-pyrrole nitrogens is 1. The Balaban J connectivity index is 1.66. The molecule has 3 rings (SSSR count). The lowest BCUT2D eigenvalue weighted by Crippen LogP contribution is -2.36. The smallest absolute Gasteiger partial charge is 0.326 e. The Morgan fingerprint density at radius 2 is 2.19 bits per heavy atom. The van der Waals surface area contributed by atoms with E-state index < -0.39 is 0 Å². The minimum atomic E-state index is -0.318. The van der Waals surface area contributed by atoms with Crippen molar-refractivity contribution in [2.75, 3.05) is 6.54 Å². The lowest BCUT2D eigenvalue weighted by molar-refractivity contribution is -0.121. The quantitative estimate of drug-likeness (QED) is 0.770. The number of hydrogen-bond acceptors (Lipinski definition) is 3. The highest BCUT2D eigenvalue weighted by Crippen LogP contribution is 2.24. The molecule has 2 aromatic rings. The van der Waals surface area contributed by atoms with E-state index >= 15 is 0 Å². The molecule has 3 N–H and O–H groups in total. The zero-order chi connectivity index (χ0) is 14.8. The maximum atomic E-state index is 12.0. The van der Waals surface area contributed by atoms with Crippen LogP contribution in [0.25, 0.3) is 11.0 Å². The van der Waals surface area contributed by atoms with Gasteiger partial charge in [-0.05, 0) is 25.0 Å². The first kappa shape index (κ1) is 13.9. The minimum Gasteiger partial charge on any atom is -0.393 e. The minimum absolute atomic E-state index is 0.00827. The van der Waals surface area contributed by atoms with Crippen LogP contribution in [0.15, 0.2) is 29.1 Å². The van der Waals surface area contributed by atoms with Crippen molar-refractivity contribution in [1.29, 1.82) is 0 Å². The molecule has 1 saturated carbocycles. The number of carbonyl (C=O) groups excluding carboxylic acids is 1. The number of aromatic amines is 1. The summed E-state index contributed by atoms with van der Waals surface area (Å²) >= 11 is 0. The van der Waals surface area contributed by atoms with Gasteiger partial charge in [-0.25, -0.2) is 4.79 Å². The standard InChI is InChI=1S/C15H19N3O3/c19-13-7-3-4-10(13)8-16-14(20)9-18-12-6-2-1-5-11(12)17-15(18)21/h1-2,5-6,10,13,19H,3-4,7-9H2,(H,16,20)(H,17,21). The number of amides is 1. The topological polar surface area (TPSA) is 87.1 Å². The Labute approximate surface area is 121 Å². The van der Waals surface area contributed by atoms with Crippen LogP contribution < -0.4 is 11.0 Å². The van der Waals surface area contributed by atoms with E-state index in [0.717, 1.165) is 30.3 Å². The molecule has 6 heteroatoms. The summed E-state index contributed by atoms with van der Waals surface area (Å²) in [5.74, 6) is -0.0745. The Hall–Kier alpha value is -2.08. The average Bonchev–Trinajstić information content (AvgIpc) is 3.01. The van der Waals surface area contributed by atoms with Crippen molar-refractivity contribution in [3.05, 3.63) is 34.7 Å². The third-order valence-electron chi connectivity index (χ3n) is 4.16. The number of hydrogen-bond donors (Lipinski definition) is 3. The zero-order valence-electron chi connectivity index (χ0n) is 11.7. The average molecular weight is 289 g/mol. The summed E-state index contributed by atoms with van der Waals surface area (Å²) < 4.78 is 1.43. The number of imidazole rings is 1. The molecule has 1 amide bonds. The van der Waals surface area contributed by atoms with Gasteiger partial charge in [0.1, 0.15) is 6.54 Å². The number of fused-ring (bicyclic) bond motifs is 1. The molecule has 1 aromatic heterocycles. The van der Waals surface area contributed by atoms with Gasteiger partial charge in [-0.15, -0.1) is 0 Å². The molecular formula is C15H19N3O3. The molecule has 1 aliphatic rings. The van der Waals surface area contributed by atoms with Gasteiger partial charge in [0.25, 0.3) is 0 Å². The second-order valence-corrected chi connectivity index (χ2v) is 5.60. The van der Waals surface area contributed by atoms with Gasteiger partial charge in [0.15, 0.2) is 0 Å². The summed E-state index contributed by atoms with van der Waals surface area (Å²) in [4.78, 5) is 26.6. The zero-order valence-corrected chi connectivity index (χ0v) is 11.7. The van der Waals surface area contributed by atoms with Crippen molar-refractivity contribution in [2.45, 2.75) is 31.9 Å². The van der Waals surface area contributed by atoms with Crippen molar-refractivity contribution in [3.8, 4) is 0 Å². The van der Waals surface area contributed by atoms with Gasteiger partial charge in [-0.2, -0.15) is 0 Å². The molecule has 6 nitrogen and oxygen atoms in total. The van der Waals surface area contributed by atoms with Crippen molar-refractivity contribution in [1.82, 2.24) is 14.9 Å². The fourth-order valence-electron chi connectivity index (χ4n) is 2.96. The maximum absolute atomic E-state index is 12.0. The SMILES string of the molecule is O=C(Cn1c(=O)[nH]c2ccccc21)NCC1CCCC1O. The summed E-state index contributed by atoms with van der Waals surface area (Å²) in [6, 6.07) is 7.28. The van der Waals surface area contributed by atoms with Crippen LogP contribution in [-0.2, 0) is 11.3 Å². The Bertz CT molecular complexity index is 703. The lowest BCUT2D eigenvalue weighted by Gasteiger charge is -2.15. The number of carbonyl (C=O) groups is 1. The first-order chi connectivity index (χ1) is 10.1. The molecular weight excluding hydrogens is 270 g/mol. The summed E-state index contributed by atoms with van der Waals surface area (Å²) in [5, 5.41) is 12.5. The first-order valence-corrected chi connectivity index (χ1v) is 7.27. The van der Waals surface area contributed by atoms with Gasteiger partial charge in [0.05, 0.1) is 17.1 Å². The molecule has 1 heterocycles. The Kier molecular flexibility index (Phi) is 3.79. The third-order valence-corrected chi connectivity index (χ3v) is 4.16. The number of benzene rings is 1. The van der Waals surface area contributed by atoms with Crippen LogP contribution in [0, 0.1) is 5.92 Å². The fourth-order valence-corrected chi connectivity index (χ4v) is 2.96. The van der Waals surface area contributed by atoms with E-state index in [1.165, 1.54) is 4.57 Å². The van der Waals surface area contributed by atoms with Crippen LogP contribution in [-0.4, -0.2) is 33.2 Å². The predicted molar refractivity (Wildman–Crippen MR) is 78.9 cm³/mol. The molecule has 0 radical (unpaired) electrons. The van der Waals surface area contributed by atoms with Crippen molar-refractivity contribution < 1.29 is 9.90 Å². The molecule has 0 aliphatic heterocycles. The molecule has 1 fully saturated rings. The molecule has 1 aromatic carbocycles. The van der Waals surface area contributed by atoms with E-state index in [2.05, 4.69) is 10.3 Å². The molecule has 0 spiro atoms. The van der Waals surface area contributed by atoms with Gasteiger partial charge in [0.2, 0.25) is 5.91 Å². The molecule has 0 saturated heterocycles. The molecule has 2 atom stereocenters. The fraction of sp³-hybridized carbons (Fsp3) is 0.467. The number of rotatable bonds is 4. The van der Waals surface area contributed by atoms with Crippen LogP contribution in [0.4, 0.5) is 0 Å². The Morgan fingerprint density at radius 1 is 1.38 bits per heavy atom. The number of aromatic nitrogens is 2. The predicted octanol–water partition coefficient (Wildman–Crippen LogP) is 0.607. The monoisotopic (exact) mass is 289 g/mol. The summed E-state index contributed by atoms with van der Waals surface area (Å²) in [5.41, 5.74) is 1.16. The van der Waals surface area contributed by atoms with Crippen LogP contribution in [0.5, 0.6) is 0 Å². The summed E-state index contributed by atoms with van der Waals surface area (Å²) in [6.07, 6.45) is 2.43. The van der Waals surface area contributed by atoms with Gasteiger partial charge in [-0.1, -0.05) is 18.6 Å². The number of aliphatic hydroxyl groups is 1. The molecule has 112 valence electrons. The van der Waals surface area contributed by atoms with E-state index in [1.54, 1.807) is 12.1 Å².